The lowest BCUT2D eigenvalue weighted by Gasteiger charge is -2.26. The van der Waals surface area contributed by atoms with Crippen molar-refractivity contribution in [1.29, 1.82) is 0 Å². The van der Waals surface area contributed by atoms with E-state index in [0.29, 0.717) is 17.6 Å². The fourth-order valence-corrected chi connectivity index (χ4v) is 5.36. The number of halogens is 2. The number of thiophene rings is 1. The zero-order valence-electron chi connectivity index (χ0n) is 12.1. The van der Waals surface area contributed by atoms with Gasteiger partial charge in [-0.05, 0) is 45.4 Å². The molecular formula is C14H15BrClN3O2S2. The summed E-state index contributed by atoms with van der Waals surface area (Å²) in [5.74, 6) is 0. The van der Waals surface area contributed by atoms with Gasteiger partial charge in [-0.25, -0.2) is 18.1 Å². The molecule has 1 aliphatic rings. The molecule has 0 bridgehead atoms. The highest BCUT2D eigenvalue weighted by atomic mass is 79.9. The summed E-state index contributed by atoms with van der Waals surface area (Å²) in [6.07, 6.45) is 2.49. The second-order valence-corrected chi connectivity index (χ2v) is 9.25. The van der Waals surface area contributed by atoms with Gasteiger partial charge < -0.3 is 0 Å². The van der Waals surface area contributed by atoms with E-state index in [1.165, 1.54) is 22.7 Å². The van der Waals surface area contributed by atoms with E-state index < -0.39 is 10.0 Å². The van der Waals surface area contributed by atoms with Gasteiger partial charge in [-0.3, -0.25) is 4.90 Å². The van der Waals surface area contributed by atoms with Crippen molar-refractivity contribution < 1.29 is 8.42 Å². The van der Waals surface area contributed by atoms with Crippen molar-refractivity contribution in [3.05, 3.63) is 43.8 Å². The van der Waals surface area contributed by atoms with Crippen LogP contribution >= 0.6 is 38.9 Å². The summed E-state index contributed by atoms with van der Waals surface area (Å²) in [5.41, 5.74) is 1.35. The number of nitrogens with one attached hydrogen (secondary N) is 1. The Bertz CT molecular complexity index is 810. The van der Waals surface area contributed by atoms with E-state index in [-0.39, 0.29) is 10.0 Å². The first-order valence-corrected chi connectivity index (χ1v) is 10.6. The molecule has 2 aromatic heterocycles. The predicted octanol–water partition coefficient (Wildman–Crippen LogP) is 2.90. The Morgan fingerprint density at radius 1 is 1.48 bits per heavy atom. The minimum atomic E-state index is -3.66. The van der Waals surface area contributed by atoms with Crippen molar-refractivity contribution in [1.82, 2.24) is 14.6 Å². The van der Waals surface area contributed by atoms with E-state index >= 15 is 0 Å². The molecule has 3 heterocycles. The molecule has 2 aromatic rings. The number of hydrogen-bond donors (Lipinski definition) is 1. The third-order valence-electron chi connectivity index (χ3n) is 3.67. The molecule has 23 heavy (non-hydrogen) atoms. The van der Waals surface area contributed by atoms with Crippen molar-refractivity contribution in [2.75, 3.05) is 19.6 Å². The molecule has 0 saturated heterocycles. The maximum Gasteiger partial charge on any atom is 0.243 e. The average molecular weight is 437 g/mol. The molecule has 0 aromatic carbocycles. The molecule has 0 aliphatic carbocycles. The van der Waals surface area contributed by atoms with Gasteiger partial charge in [0.1, 0.15) is 10.0 Å². The molecule has 3 rings (SSSR count). The van der Waals surface area contributed by atoms with Crippen molar-refractivity contribution in [2.24, 2.45) is 0 Å². The Morgan fingerprint density at radius 3 is 3.13 bits per heavy atom. The van der Waals surface area contributed by atoms with Crippen LogP contribution in [0.3, 0.4) is 0 Å². The second kappa shape index (κ2) is 7.16. The van der Waals surface area contributed by atoms with Gasteiger partial charge in [0.05, 0.1) is 0 Å². The van der Waals surface area contributed by atoms with Gasteiger partial charge in [-0.1, -0.05) is 11.6 Å². The van der Waals surface area contributed by atoms with E-state index in [0.717, 1.165) is 19.5 Å². The molecular weight excluding hydrogens is 422 g/mol. The highest BCUT2D eigenvalue weighted by Crippen LogP contribution is 2.24. The van der Waals surface area contributed by atoms with E-state index in [1.807, 2.05) is 0 Å². The topological polar surface area (TPSA) is 62.3 Å². The number of nitrogens with zero attached hydrogens (tertiary/aromatic N) is 2. The monoisotopic (exact) mass is 435 g/mol. The van der Waals surface area contributed by atoms with Crippen molar-refractivity contribution in [2.45, 2.75) is 17.9 Å². The molecule has 9 heteroatoms. The molecule has 124 valence electrons. The molecule has 1 aliphatic heterocycles. The Kier molecular flexibility index (Phi) is 5.39. The number of hydrogen-bond acceptors (Lipinski definition) is 5. The highest BCUT2D eigenvalue weighted by Gasteiger charge is 2.21. The Morgan fingerprint density at radius 2 is 2.30 bits per heavy atom. The number of aromatic nitrogens is 1. The molecule has 0 fully saturated rings. The van der Waals surface area contributed by atoms with Crippen molar-refractivity contribution >= 4 is 48.9 Å². The fraction of sp³-hybridized carbons (Fsp3) is 0.357. The lowest BCUT2D eigenvalue weighted by molar-refractivity contribution is 0.260. The summed E-state index contributed by atoms with van der Waals surface area (Å²) in [6.45, 7) is 2.83. The number of fused-ring (bicyclic) bond motifs is 1. The standard InChI is InChI=1S/C14H15BrClN3O2S2/c15-11-7-13(14(16)17-8-11)23(20,21)18-3-5-19-4-1-12-10(9-19)2-6-22-12/h2,6-8,18H,1,3-5,9H2. The van der Waals surface area contributed by atoms with Gasteiger partial charge in [-0.15, -0.1) is 11.3 Å². The van der Waals surface area contributed by atoms with Crippen LogP contribution in [0.25, 0.3) is 0 Å². The van der Waals surface area contributed by atoms with E-state index in [9.17, 15) is 8.42 Å². The summed E-state index contributed by atoms with van der Waals surface area (Å²) in [4.78, 5) is 7.53. The van der Waals surface area contributed by atoms with Gasteiger partial charge in [-0.2, -0.15) is 0 Å². The van der Waals surface area contributed by atoms with E-state index in [4.69, 9.17) is 11.6 Å². The van der Waals surface area contributed by atoms with Crippen molar-refractivity contribution in [3.8, 4) is 0 Å². The van der Waals surface area contributed by atoms with Gasteiger partial charge in [0.15, 0.2) is 0 Å². The molecule has 5 nitrogen and oxygen atoms in total. The van der Waals surface area contributed by atoms with Crippen LogP contribution in [-0.2, 0) is 23.0 Å². The highest BCUT2D eigenvalue weighted by molar-refractivity contribution is 9.10. The first kappa shape index (κ1) is 17.3. The molecule has 0 atom stereocenters. The van der Waals surface area contributed by atoms with E-state index in [1.54, 1.807) is 11.3 Å². The fourth-order valence-electron chi connectivity index (χ4n) is 2.51. The van der Waals surface area contributed by atoms with Gasteiger partial charge in [0, 0.05) is 41.7 Å². The number of rotatable bonds is 5. The summed E-state index contributed by atoms with van der Waals surface area (Å²) in [6, 6.07) is 3.60. The van der Waals surface area contributed by atoms with Crippen molar-refractivity contribution in [3.63, 3.8) is 0 Å². The van der Waals surface area contributed by atoms with E-state index in [2.05, 4.69) is 42.0 Å². The average Bonchev–Trinajstić information content (AvgIpc) is 2.97. The first-order chi connectivity index (χ1) is 11.0. The van der Waals surface area contributed by atoms with Crippen LogP contribution in [0, 0.1) is 0 Å². The van der Waals surface area contributed by atoms with Gasteiger partial charge >= 0.3 is 0 Å². The minimum Gasteiger partial charge on any atom is -0.297 e. The maximum absolute atomic E-state index is 12.3. The molecule has 0 radical (unpaired) electrons. The normalized spacial score (nSPS) is 15.6. The summed E-state index contributed by atoms with van der Waals surface area (Å²) >= 11 is 10.9. The number of pyridine rings is 1. The van der Waals surface area contributed by atoms with Crippen LogP contribution in [0.5, 0.6) is 0 Å². The van der Waals surface area contributed by atoms with Crippen LogP contribution in [0.2, 0.25) is 5.15 Å². The van der Waals surface area contributed by atoms with Gasteiger partial charge in [0.2, 0.25) is 10.0 Å². The molecule has 1 N–H and O–H groups in total. The summed E-state index contributed by atoms with van der Waals surface area (Å²) in [5, 5.41) is 2.08. The second-order valence-electron chi connectivity index (χ2n) is 5.24. The van der Waals surface area contributed by atoms with Crippen LogP contribution in [-0.4, -0.2) is 37.9 Å². The van der Waals surface area contributed by atoms with Crippen LogP contribution in [0.4, 0.5) is 0 Å². The van der Waals surface area contributed by atoms with Crippen LogP contribution in [0.15, 0.2) is 33.1 Å². The van der Waals surface area contributed by atoms with Crippen LogP contribution in [0.1, 0.15) is 10.4 Å². The molecule has 0 unspecified atom stereocenters. The Balaban J connectivity index is 1.59. The smallest absolute Gasteiger partial charge is 0.243 e. The molecule has 0 spiro atoms. The number of sulfonamides is 1. The van der Waals surface area contributed by atoms with Crippen LogP contribution < -0.4 is 4.72 Å². The SMILES string of the molecule is O=S(=O)(NCCN1CCc2sccc2C1)c1cc(Br)cnc1Cl. The lowest BCUT2D eigenvalue weighted by atomic mass is 10.1. The Labute approximate surface area is 152 Å². The third kappa shape index (κ3) is 4.12. The summed E-state index contributed by atoms with van der Waals surface area (Å²) < 4.78 is 27.8. The summed E-state index contributed by atoms with van der Waals surface area (Å²) in [7, 11) is -3.66. The first-order valence-electron chi connectivity index (χ1n) is 7.04. The zero-order chi connectivity index (χ0) is 16.4. The molecule has 0 saturated carbocycles. The zero-order valence-corrected chi connectivity index (χ0v) is 16.1. The molecule has 0 amide bonds. The quantitative estimate of drug-likeness (QED) is 0.732. The largest absolute Gasteiger partial charge is 0.297 e. The van der Waals surface area contributed by atoms with Gasteiger partial charge in [0.25, 0.3) is 0 Å². The lowest BCUT2D eigenvalue weighted by Crippen LogP contribution is -2.37. The maximum atomic E-state index is 12.3. The minimum absolute atomic E-state index is 0.00712. The third-order valence-corrected chi connectivity index (χ3v) is 7.01. The predicted molar refractivity (Wildman–Crippen MR) is 95.4 cm³/mol. The Hall–Kier alpha value is -0.510.